The molecule has 0 bridgehead atoms. The van der Waals surface area contributed by atoms with Crippen molar-refractivity contribution in [1.82, 2.24) is 44.9 Å². The van der Waals surface area contributed by atoms with Crippen LogP contribution >= 0.6 is 11.6 Å². The van der Waals surface area contributed by atoms with Gasteiger partial charge in [0, 0.05) is 43.0 Å². The van der Waals surface area contributed by atoms with Crippen LogP contribution in [0.2, 0.25) is 5.02 Å². The van der Waals surface area contributed by atoms with Crippen molar-refractivity contribution in [1.29, 1.82) is 0 Å². The quantitative estimate of drug-likeness (QED) is 0.224. The normalized spacial score (nSPS) is 24.0. The molecule has 2 N–H and O–H groups in total. The Hall–Kier alpha value is -3.85. The molecule has 3 fully saturated rings. The lowest BCUT2D eigenvalue weighted by Gasteiger charge is -2.38. The molecule has 3 atom stereocenters. The van der Waals surface area contributed by atoms with Gasteiger partial charge in [-0.05, 0) is 73.6 Å². The van der Waals surface area contributed by atoms with Crippen LogP contribution in [0.5, 0.6) is 11.6 Å². The minimum Gasteiger partial charge on any atom is -0.487 e. The lowest BCUT2D eigenvalue weighted by Crippen LogP contribution is -2.45. The van der Waals surface area contributed by atoms with Crippen LogP contribution in [0.25, 0.3) is 11.1 Å². The van der Waals surface area contributed by atoms with E-state index < -0.39 is 0 Å². The molecule has 1 aromatic carbocycles. The van der Waals surface area contributed by atoms with E-state index in [1.807, 2.05) is 29.9 Å². The number of morpholine rings is 1. The summed E-state index contributed by atoms with van der Waals surface area (Å²) in [4.78, 5) is 11.8. The molecule has 1 aliphatic heterocycles. The number of aliphatic hydroxyl groups excluding tert-OH is 1. The van der Waals surface area contributed by atoms with Crippen LogP contribution < -0.4 is 14.8 Å². The van der Waals surface area contributed by atoms with E-state index in [0.717, 1.165) is 76.0 Å². The Morgan fingerprint density at radius 3 is 2.53 bits per heavy atom. The number of benzene rings is 1. The van der Waals surface area contributed by atoms with Gasteiger partial charge in [0.1, 0.15) is 23.9 Å². The van der Waals surface area contributed by atoms with Gasteiger partial charge in [-0.3, -0.25) is 9.58 Å². The highest BCUT2D eigenvalue weighted by molar-refractivity contribution is 6.32. The second kappa shape index (κ2) is 14.5. The summed E-state index contributed by atoms with van der Waals surface area (Å²) >= 11 is 6.45. The summed E-state index contributed by atoms with van der Waals surface area (Å²) in [6.07, 6.45) is 12.7. The van der Waals surface area contributed by atoms with Crippen molar-refractivity contribution < 1.29 is 19.3 Å². The van der Waals surface area contributed by atoms with Crippen LogP contribution in [0.3, 0.4) is 0 Å². The first-order valence-corrected chi connectivity index (χ1v) is 16.8. The van der Waals surface area contributed by atoms with Gasteiger partial charge < -0.3 is 24.6 Å². The van der Waals surface area contributed by atoms with Gasteiger partial charge in [-0.25, -0.2) is 14.6 Å². The second-order valence-corrected chi connectivity index (χ2v) is 13.1. The third-order valence-corrected chi connectivity index (χ3v) is 9.75. The predicted octanol–water partition coefficient (Wildman–Crippen LogP) is 4.16. The number of nitrogens with one attached hydrogen (secondary N) is 1. The van der Waals surface area contributed by atoms with Gasteiger partial charge in [0.25, 0.3) is 5.88 Å². The van der Waals surface area contributed by atoms with E-state index in [-0.39, 0.29) is 18.1 Å². The van der Waals surface area contributed by atoms with Crippen LogP contribution in [0.15, 0.2) is 43.1 Å². The molecule has 15 heteroatoms. The average Bonchev–Trinajstić information content (AvgIpc) is 3.76. The molecule has 2 saturated carbocycles. The van der Waals surface area contributed by atoms with Gasteiger partial charge in [0.2, 0.25) is 5.95 Å². The molecule has 0 spiro atoms. The van der Waals surface area contributed by atoms with Gasteiger partial charge in [-0.15, -0.1) is 10.2 Å². The molecule has 4 aromatic rings. The summed E-state index contributed by atoms with van der Waals surface area (Å²) in [5.41, 5.74) is 2.39. The summed E-state index contributed by atoms with van der Waals surface area (Å²) in [5.74, 6) is 1.61. The Balaban J connectivity index is 1.03. The Bertz CT molecular complexity index is 1590. The van der Waals surface area contributed by atoms with Crippen molar-refractivity contribution in [2.24, 2.45) is 5.92 Å². The zero-order chi connectivity index (χ0) is 32.2. The first-order valence-electron chi connectivity index (χ1n) is 16.5. The highest BCUT2D eigenvalue weighted by atomic mass is 35.5. The fourth-order valence-corrected chi connectivity index (χ4v) is 6.70. The van der Waals surface area contributed by atoms with Gasteiger partial charge in [0.15, 0.2) is 0 Å². The molecule has 7 rings (SSSR count). The number of nitrogens with zero attached hydrogens (tertiary/aromatic N) is 9. The largest absolute Gasteiger partial charge is 0.487 e. The van der Waals surface area contributed by atoms with Gasteiger partial charge >= 0.3 is 0 Å². The summed E-state index contributed by atoms with van der Waals surface area (Å²) in [7, 11) is 0. The number of aromatic nitrogens is 8. The second-order valence-electron chi connectivity index (χ2n) is 12.7. The Morgan fingerprint density at radius 1 is 1.04 bits per heavy atom. The van der Waals surface area contributed by atoms with Crippen molar-refractivity contribution in [3.05, 3.63) is 48.1 Å². The standard InChI is InChI=1S/C32H41ClN10O4/c1-21(17-42-20-36-39-40-42)47-30-14-22(2-8-27(30)33)24-15-34-32(35-16-24)37-28-18-43(38-31(28)46-19-23-3-9-29(23)44)26-6-4-25(5-7-26)41-10-12-45-13-11-41/h2,8,14-16,18,20-21,23,25-26,29,44H,3-7,9-13,17,19H2,1H3,(H,34,35,37)/t21-,23+,25?,26?,29+/m0/s1. The van der Waals surface area contributed by atoms with Crippen molar-refractivity contribution in [3.8, 4) is 22.8 Å². The summed E-state index contributed by atoms with van der Waals surface area (Å²) in [5, 5.41) is 30.0. The van der Waals surface area contributed by atoms with E-state index in [9.17, 15) is 5.11 Å². The fraction of sp³-hybridized carbons (Fsp3) is 0.562. The molecule has 14 nitrogen and oxygen atoms in total. The van der Waals surface area contributed by atoms with E-state index in [1.54, 1.807) is 29.5 Å². The molecule has 2 aliphatic carbocycles. The lowest BCUT2D eigenvalue weighted by atomic mass is 9.83. The van der Waals surface area contributed by atoms with Crippen molar-refractivity contribution >= 4 is 23.2 Å². The number of tetrazole rings is 1. The first kappa shape index (κ1) is 31.7. The maximum Gasteiger partial charge on any atom is 0.256 e. The third-order valence-electron chi connectivity index (χ3n) is 9.44. The summed E-state index contributed by atoms with van der Waals surface area (Å²) < 4.78 is 21.5. The molecular weight excluding hydrogens is 624 g/mol. The molecule has 4 heterocycles. The van der Waals surface area contributed by atoms with Crippen molar-refractivity contribution in [2.45, 2.75) is 76.3 Å². The average molecular weight is 665 g/mol. The van der Waals surface area contributed by atoms with E-state index >= 15 is 0 Å². The maximum absolute atomic E-state index is 10.1. The molecule has 0 unspecified atom stereocenters. The summed E-state index contributed by atoms with van der Waals surface area (Å²) in [6.45, 7) is 6.52. The van der Waals surface area contributed by atoms with Crippen LogP contribution in [-0.4, -0.2) is 101 Å². The van der Waals surface area contributed by atoms with Crippen LogP contribution in [0.1, 0.15) is 51.5 Å². The fourth-order valence-electron chi connectivity index (χ4n) is 6.53. The van der Waals surface area contributed by atoms with Gasteiger partial charge in [-0.2, -0.15) is 0 Å². The molecule has 3 aliphatic rings. The first-order chi connectivity index (χ1) is 23.0. The van der Waals surface area contributed by atoms with Crippen LogP contribution in [-0.2, 0) is 11.3 Å². The molecule has 1 saturated heterocycles. The highest BCUT2D eigenvalue weighted by Crippen LogP contribution is 2.36. The number of hydrogen-bond acceptors (Lipinski definition) is 12. The maximum atomic E-state index is 10.1. The number of hydrogen-bond donors (Lipinski definition) is 2. The zero-order valence-electron chi connectivity index (χ0n) is 26.5. The SMILES string of the molecule is C[C@@H](Cn1cnnn1)Oc1cc(-c2cnc(Nc3cn(C4CCC(N5CCOCC5)CC4)nc3OC[C@H]3CC[C@H]3O)nc2)ccc1Cl. The van der Waals surface area contributed by atoms with E-state index in [4.69, 9.17) is 30.9 Å². The Labute approximate surface area is 278 Å². The Morgan fingerprint density at radius 2 is 1.83 bits per heavy atom. The smallest absolute Gasteiger partial charge is 0.256 e. The highest BCUT2D eigenvalue weighted by Gasteiger charge is 2.31. The lowest BCUT2D eigenvalue weighted by molar-refractivity contribution is -0.00245. The van der Waals surface area contributed by atoms with Gasteiger partial charge in [0.05, 0.1) is 49.7 Å². The topological polar surface area (TPSA) is 150 Å². The van der Waals surface area contributed by atoms with Crippen LogP contribution in [0.4, 0.5) is 11.6 Å². The third kappa shape index (κ3) is 7.67. The number of ether oxygens (including phenoxy) is 3. The molecule has 250 valence electrons. The number of aliphatic hydroxyl groups is 1. The van der Waals surface area contributed by atoms with E-state index in [0.29, 0.717) is 53.5 Å². The number of halogens is 1. The number of anilines is 2. The minimum atomic E-state index is -0.312. The molecule has 47 heavy (non-hydrogen) atoms. The van der Waals surface area contributed by atoms with Gasteiger partial charge in [-0.1, -0.05) is 17.7 Å². The van der Waals surface area contributed by atoms with Crippen molar-refractivity contribution in [3.63, 3.8) is 0 Å². The van der Waals surface area contributed by atoms with Crippen LogP contribution in [0, 0.1) is 5.92 Å². The predicted molar refractivity (Wildman–Crippen MR) is 174 cm³/mol. The van der Waals surface area contributed by atoms with E-state index in [1.165, 1.54) is 0 Å². The summed E-state index contributed by atoms with van der Waals surface area (Å²) in [6, 6.07) is 6.48. The number of rotatable bonds is 12. The molecular formula is C32H41ClN10O4. The minimum absolute atomic E-state index is 0.128. The van der Waals surface area contributed by atoms with E-state index in [2.05, 4.69) is 35.7 Å². The molecule has 3 aromatic heterocycles. The Kier molecular flexibility index (Phi) is 9.79. The molecule has 0 radical (unpaired) electrons. The van der Waals surface area contributed by atoms with Crippen molar-refractivity contribution in [2.75, 3.05) is 38.2 Å². The monoisotopic (exact) mass is 664 g/mol. The molecule has 0 amide bonds. The zero-order valence-corrected chi connectivity index (χ0v) is 27.2.